The van der Waals surface area contributed by atoms with Gasteiger partial charge in [-0.2, -0.15) is 0 Å². The zero-order valence-electron chi connectivity index (χ0n) is 27.1. The molecule has 0 saturated carbocycles. The smallest absolute Gasteiger partial charge is 0.160 e. The molecule has 8 aromatic rings. The van der Waals surface area contributed by atoms with Crippen LogP contribution in [0.5, 0.6) is 0 Å². The molecule has 3 nitrogen and oxygen atoms in total. The third-order valence-corrected chi connectivity index (χ3v) is 11.8. The van der Waals surface area contributed by atoms with Gasteiger partial charge in [0.2, 0.25) is 0 Å². The van der Waals surface area contributed by atoms with Crippen molar-refractivity contribution in [1.82, 2.24) is 0 Å². The topological polar surface area (TPSA) is 37.9 Å². The molecule has 0 bridgehead atoms. The van der Waals surface area contributed by atoms with E-state index >= 15 is 0 Å². The number of furan rings is 1. The number of nitrogens with zero attached hydrogens (tertiary/aromatic N) is 2. The number of hydrogen-bond donors (Lipinski definition) is 0. The summed E-state index contributed by atoms with van der Waals surface area (Å²) in [7, 11) is 0. The molecule has 0 atom stereocenters. The van der Waals surface area contributed by atoms with Crippen LogP contribution >= 0.6 is 20.7 Å². The summed E-state index contributed by atoms with van der Waals surface area (Å²) in [6, 6.07) is 61.9. The molecule has 50 heavy (non-hydrogen) atoms. The van der Waals surface area contributed by atoms with Crippen molar-refractivity contribution in [1.29, 1.82) is 0 Å². The second-order valence-electron chi connectivity index (χ2n) is 12.3. The lowest BCUT2D eigenvalue weighted by atomic mass is 9.95. The number of halogens is 1. The molecular weight excluding hydrogens is 723 g/mol. The number of alkyl halides is 1. The Hall–Kier alpha value is -5.72. The molecule has 1 aliphatic heterocycles. The maximum Gasteiger partial charge on any atom is 0.160 e. The molecule has 0 unspecified atom stereocenters. The van der Waals surface area contributed by atoms with E-state index in [0.717, 1.165) is 69.4 Å². The first-order valence-corrected chi connectivity index (χ1v) is 19.3. The minimum absolute atomic E-state index is 0.458. The maximum absolute atomic E-state index is 6.78. The maximum atomic E-state index is 6.78. The van der Waals surface area contributed by atoms with Crippen LogP contribution in [0.2, 0.25) is 0 Å². The quantitative estimate of drug-likeness (QED) is 0.123. The predicted molar refractivity (Wildman–Crippen MR) is 219 cm³/mol. The van der Waals surface area contributed by atoms with Gasteiger partial charge in [-0.3, -0.25) is 0 Å². The first-order valence-electron chi connectivity index (χ1n) is 16.7. The molecule has 0 radical (unpaired) electrons. The average Bonchev–Trinajstić information content (AvgIpc) is 3.41. The lowest BCUT2D eigenvalue weighted by Gasteiger charge is -2.08. The lowest BCUT2D eigenvalue weighted by Crippen LogP contribution is -2.07. The van der Waals surface area contributed by atoms with Gasteiger partial charge in [0, 0.05) is 37.5 Å². The van der Waals surface area contributed by atoms with Crippen molar-refractivity contribution >= 4 is 57.8 Å². The molecule has 0 fully saturated rings. The summed E-state index contributed by atoms with van der Waals surface area (Å²) in [5.41, 5.74) is 13.0. The van der Waals surface area contributed by atoms with Crippen LogP contribution in [0.1, 0.15) is 16.7 Å². The van der Waals surface area contributed by atoms with Crippen LogP contribution in [0.15, 0.2) is 190 Å². The predicted octanol–water partition coefficient (Wildman–Crippen LogP) is 12.0. The van der Waals surface area contributed by atoms with Crippen LogP contribution in [0.25, 0.3) is 55.3 Å². The van der Waals surface area contributed by atoms with E-state index in [0.29, 0.717) is 0 Å². The van der Waals surface area contributed by atoms with Crippen LogP contribution < -0.4 is 0 Å². The number of aliphatic imine (C=N–C) groups is 2. The summed E-state index contributed by atoms with van der Waals surface area (Å²) in [4.78, 5) is 10.6. The second kappa shape index (κ2) is 13.3. The van der Waals surface area contributed by atoms with E-state index in [1.54, 1.807) is 0 Å². The summed E-state index contributed by atoms with van der Waals surface area (Å²) in [5, 5.41) is 2.21. The van der Waals surface area contributed by atoms with Crippen molar-refractivity contribution in [2.75, 3.05) is 4.43 Å². The molecule has 1 aliphatic rings. The van der Waals surface area contributed by atoms with E-state index < -0.39 is 20.7 Å². The molecule has 0 spiro atoms. The largest absolute Gasteiger partial charge is 0.455 e. The number of amidine groups is 1. The fourth-order valence-corrected chi connectivity index (χ4v) is 9.11. The third-order valence-electron chi connectivity index (χ3n) is 9.10. The molecule has 238 valence electrons. The van der Waals surface area contributed by atoms with Gasteiger partial charge >= 0.3 is 0 Å². The van der Waals surface area contributed by atoms with Crippen LogP contribution in [0.4, 0.5) is 0 Å². The van der Waals surface area contributed by atoms with Gasteiger partial charge in [-0.05, 0) is 58.1 Å². The molecule has 0 amide bonds. The van der Waals surface area contributed by atoms with Crippen molar-refractivity contribution < 1.29 is 4.42 Å². The Morgan fingerprint density at radius 2 is 1.02 bits per heavy atom. The zero-order valence-corrected chi connectivity index (χ0v) is 29.3. The highest BCUT2D eigenvalue weighted by Crippen LogP contribution is 2.40. The van der Waals surface area contributed by atoms with Gasteiger partial charge in [-0.25, -0.2) is 9.98 Å². The third kappa shape index (κ3) is 5.92. The Morgan fingerprint density at radius 1 is 0.420 bits per heavy atom. The van der Waals surface area contributed by atoms with E-state index in [9.17, 15) is 0 Å². The minimum Gasteiger partial charge on any atom is -0.455 e. The van der Waals surface area contributed by atoms with Gasteiger partial charge in [0.25, 0.3) is 0 Å². The van der Waals surface area contributed by atoms with Gasteiger partial charge in [-0.15, -0.1) is 0 Å². The molecule has 2 heterocycles. The SMILES string of the molecule is c1ccc(C2=ICC(c3ccc4c(c3)oc3c(-c5ccccc5)cc(-c5ccccc5)cc34)=NC(c3cccc(-c4ccccc4)c3)=N2)cc1. The molecule has 0 aliphatic carbocycles. The Morgan fingerprint density at radius 3 is 1.72 bits per heavy atom. The Labute approximate surface area is 301 Å². The zero-order chi connectivity index (χ0) is 33.3. The summed E-state index contributed by atoms with van der Waals surface area (Å²) < 4.78 is 8.79. The number of benzene rings is 7. The molecule has 0 N–H and O–H groups in total. The highest BCUT2D eigenvalue weighted by molar-refractivity contribution is 14.2. The summed E-state index contributed by atoms with van der Waals surface area (Å²) >= 11 is -0.458. The molecule has 4 heteroatoms. The van der Waals surface area contributed by atoms with E-state index in [4.69, 9.17) is 14.4 Å². The van der Waals surface area contributed by atoms with Crippen LogP contribution in [0, 0.1) is 0 Å². The molecular formula is C46H31IN2O. The van der Waals surface area contributed by atoms with Crippen molar-refractivity contribution in [3.63, 3.8) is 0 Å². The minimum atomic E-state index is -0.458. The van der Waals surface area contributed by atoms with E-state index in [2.05, 4.69) is 170 Å². The fourth-order valence-electron chi connectivity index (χ4n) is 6.58. The van der Waals surface area contributed by atoms with Crippen LogP contribution in [-0.4, -0.2) is 19.6 Å². The average molecular weight is 755 g/mol. The Bertz CT molecular complexity index is 2590. The monoisotopic (exact) mass is 754 g/mol. The van der Waals surface area contributed by atoms with E-state index in [1.807, 2.05) is 6.07 Å². The van der Waals surface area contributed by atoms with Gasteiger partial charge < -0.3 is 4.42 Å². The first-order chi connectivity index (χ1) is 24.8. The number of fused-ring (bicyclic) bond motifs is 3. The highest BCUT2D eigenvalue weighted by atomic mass is 127. The van der Waals surface area contributed by atoms with E-state index in [1.165, 1.54) is 22.3 Å². The Kier molecular flexibility index (Phi) is 8.07. The lowest BCUT2D eigenvalue weighted by molar-refractivity contribution is 0.670. The summed E-state index contributed by atoms with van der Waals surface area (Å²) in [6.45, 7) is 0. The number of hydrogen-bond acceptors (Lipinski definition) is 3. The summed E-state index contributed by atoms with van der Waals surface area (Å²) in [6.07, 6.45) is 0. The first kappa shape index (κ1) is 30.3. The molecule has 9 rings (SSSR count). The van der Waals surface area contributed by atoms with Gasteiger partial charge in [0.1, 0.15) is 14.8 Å². The van der Waals surface area contributed by atoms with Gasteiger partial charge in [-0.1, -0.05) is 166 Å². The van der Waals surface area contributed by atoms with Crippen LogP contribution in [0.3, 0.4) is 0 Å². The fraction of sp³-hybridized carbons (Fsp3) is 0.0217. The molecule has 0 saturated heterocycles. The molecule has 1 aromatic heterocycles. The van der Waals surface area contributed by atoms with Crippen molar-refractivity contribution in [2.45, 2.75) is 0 Å². The second-order valence-corrected chi connectivity index (χ2v) is 14.9. The normalized spacial score (nSPS) is 13.2. The van der Waals surface area contributed by atoms with Crippen LogP contribution in [-0.2, 0) is 0 Å². The highest BCUT2D eigenvalue weighted by Gasteiger charge is 2.19. The standard InChI is InChI=1S/C46H31IN2O/c1-5-14-31(15-6-1)35-22-13-23-37(26-35)46-48-42(30-47-45(49-46)34-20-11-4-12-21-34)36-24-25-39-41-28-38(32-16-7-2-8-17-32)27-40(33-18-9-3-10-19-33)44(41)50-43(39)29-36/h1-29H,30H2. The van der Waals surface area contributed by atoms with Gasteiger partial charge in [0.05, 0.1) is 5.71 Å². The van der Waals surface area contributed by atoms with Crippen molar-refractivity contribution in [3.8, 4) is 33.4 Å². The van der Waals surface area contributed by atoms with Crippen molar-refractivity contribution in [2.24, 2.45) is 9.98 Å². The van der Waals surface area contributed by atoms with Crippen molar-refractivity contribution in [3.05, 3.63) is 193 Å². The van der Waals surface area contributed by atoms with E-state index in [-0.39, 0.29) is 0 Å². The molecule has 7 aromatic carbocycles. The van der Waals surface area contributed by atoms with Gasteiger partial charge in [0.15, 0.2) is 5.84 Å². The number of rotatable bonds is 6. The Balaban J connectivity index is 1.18. The summed E-state index contributed by atoms with van der Waals surface area (Å²) in [5.74, 6) is 0.748.